The van der Waals surface area contributed by atoms with Gasteiger partial charge in [0.15, 0.2) is 0 Å². The summed E-state index contributed by atoms with van der Waals surface area (Å²) >= 11 is 0. The average molecular weight is 383 g/mol. The molecule has 3 heterocycles. The molecule has 3 aromatic heterocycles. The van der Waals surface area contributed by atoms with E-state index in [0.29, 0.717) is 17.9 Å². The Morgan fingerprint density at radius 2 is 1.79 bits per heavy atom. The number of hydrogen-bond donors (Lipinski definition) is 1. The molecule has 4 rings (SSSR count). The summed E-state index contributed by atoms with van der Waals surface area (Å²) in [5.74, 6) is 0.615. The van der Waals surface area contributed by atoms with Gasteiger partial charge in [0.2, 0.25) is 0 Å². The summed E-state index contributed by atoms with van der Waals surface area (Å²) in [6.07, 6.45) is 7.68. The molecule has 0 saturated carbocycles. The number of fused-ring (bicyclic) bond motifs is 1. The molecule has 0 unspecified atom stereocenters. The first-order valence-corrected chi connectivity index (χ1v) is 9.42. The van der Waals surface area contributed by atoms with Gasteiger partial charge in [-0.05, 0) is 48.4 Å². The Hall–Kier alpha value is -3.80. The van der Waals surface area contributed by atoms with Crippen molar-refractivity contribution in [3.05, 3.63) is 90.5 Å². The van der Waals surface area contributed by atoms with Crippen molar-refractivity contribution in [2.24, 2.45) is 0 Å². The molecule has 0 aliphatic heterocycles. The van der Waals surface area contributed by atoms with Crippen LogP contribution in [0.25, 0.3) is 10.9 Å². The number of anilines is 2. The highest BCUT2D eigenvalue weighted by Crippen LogP contribution is 2.23. The fourth-order valence-corrected chi connectivity index (χ4v) is 3.11. The van der Waals surface area contributed by atoms with Gasteiger partial charge in [-0.15, -0.1) is 0 Å². The molecule has 144 valence electrons. The Balaban J connectivity index is 1.42. The van der Waals surface area contributed by atoms with E-state index in [9.17, 15) is 4.79 Å². The van der Waals surface area contributed by atoms with Crippen LogP contribution in [-0.4, -0.2) is 39.4 Å². The van der Waals surface area contributed by atoms with E-state index in [1.165, 1.54) is 0 Å². The summed E-state index contributed by atoms with van der Waals surface area (Å²) in [4.78, 5) is 27.2. The van der Waals surface area contributed by atoms with Gasteiger partial charge in [0, 0.05) is 43.8 Å². The number of carbonyl (C=O) groups is 1. The second-order valence-electron chi connectivity index (χ2n) is 6.77. The number of pyridine rings is 3. The molecule has 0 bridgehead atoms. The Kier molecular flexibility index (Phi) is 5.42. The van der Waals surface area contributed by atoms with E-state index in [-0.39, 0.29) is 5.91 Å². The predicted octanol–water partition coefficient (Wildman–Crippen LogP) is 4.08. The molecule has 0 fully saturated rings. The molecule has 1 amide bonds. The third-order valence-electron chi connectivity index (χ3n) is 4.74. The van der Waals surface area contributed by atoms with Crippen LogP contribution in [0.4, 0.5) is 11.5 Å². The molecule has 0 saturated heterocycles. The van der Waals surface area contributed by atoms with Crippen molar-refractivity contribution in [3.8, 4) is 0 Å². The Labute approximate surface area is 169 Å². The normalized spacial score (nSPS) is 10.7. The summed E-state index contributed by atoms with van der Waals surface area (Å²) in [6, 6.07) is 17.4. The Morgan fingerprint density at radius 1 is 0.966 bits per heavy atom. The van der Waals surface area contributed by atoms with Gasteiger partial charge in [-0.1, -0.05) is 18.2 Å². The summed E-state index contributed by atoms with van der Waals surface area (Å²) in [6.45, 7) is 0.629. The number of carbonyl (C=O) groups excluding carboxylic acids is 1. The number of rotatable bonds is 6. The van der Waals surface area contributed by atoms with E-state index in [4.69, 9.17) is 0 Å². The van der Waals surface area contributed by atoms with Gasteiger partial charge in [0.1, 0.15) is 5.82 Å². The highest BCUT2D eigenvalue weighted by atomic mass is 16.2. The van der Waals surface area contributed by atoms with Crippen molar-refractivity contribution >= 4 is 28.3 Å². The van der Waals surface area contributed by atoms with E-state index in [1.807, 2.05) is 48.5 Å². The molecule has 1 aromatic carbocycles. The molecular weight excluding hydrogens is 362 g/mol. The van der Waals surface area contributed by atoms with E-state index >= 15 is 0 Å². The topological polar surface area (TPSA) is 71.0 Å². The first kappa shape index (κ1) is 18.6. The molecule has 0 spiro atoms. The number of para-hydroxylation sites is 1. The summed E-state index contributed by atoms with van der Waals surface area (Å²) in [5.41, 5.74) is 3.47. The Morgan fingerprint density at radius 3 is 2.59 bits per heavy atom. The smallest absolute Gasteiger partial charge is 0.255 e. The number of nitrogens with one attached hydrogen (secondary N) is 1. The highest BCUT2D eigenvalue weighted by molar-refractivity contribution is 5.94. The molecule has 6 heteroatoms. The molecule has 0 aliphatic rings. The maximum absolute atomic E-state index is 12.7. The Bertz CT molecular complexity index is 1110. The largest absolute Gasteiger partial charge is 0.341 e. The second-order valence-corrected chi connectivity index (χ2v) is 6.77. The van der Waals surface area contributed by atoms with Crippen molar-refractivity contribution in [1.82, 2.24) is 19.9 Å². The van der Waals surface area contributed by atoms with Crippen molar-refractivity contribution < 1.29 is 4.79 Å². The zero-order chi connectivity index (χ0) is 20.1. The van der Waals surface area contributed by atoms with E-state index in [1.54, 1.807) is 42.8 Å². The van der Waals surface area contributed by atoms with Crippen molar-refractivity contribution in [2.45, 2.75) is 6.42 Å². The van der Waals surface area contributed by atoms with E-state index in [2.05, 4.69) is 20.3 Å². The molecule has 4 aromatic rings. The maximum atomic E-state index is 12.7. The monoisotopic (exact) mass is 383 g/mol. The molecule has 6 nitrogen and oxygen atoms in total. The number of likely N-dealkylation sites (N-methyl/N-ethyl adjacent to an activating group) is 1. The SMILES string of the molecule is CN(CCc1ccncc1)C(=O)c1ccc(Nc2cccc3cccnc23)nc1. The lowest BCUT2D eigenvalue weighted by molar-refractivity contribution is 0.0796. The molecule has 0 atom stereocenters. The fraction of sp³-hybridized carbons (Fsp3) is 0.130. The van der Waals surface area contributed by atoms with Gasteiger partial charge >= 0.3 is 0 Å². The third kappa shape index (κ3) is 4.38. The van der Waals surface area contributed by atoms with Gasteiger partial charge in [-0.3, -0.25) is 14.8 Å². The van der Waals surface area contributed by atoms with Crippen LogP contribution in [0, 0.1) is 0 Å². The standard InChI is InChI=1S/C23H21N5O/c1-28(15-11-17-9-13-24-14-10-17)23(29)19-7-8-21(26-16-19)27-20-6-2-4-18-5-3-12-25-22(18)20/h2-10,12-14,16H,11,15H2,1H3,(H,26,27). The highest BCUT2D eigenvalue weighted by Gasteiger charge is 2.12. The number of aromatic nitrogens is 3. The van der Waals surface area contributed by atoms with Crippen LogP contribution in [0.2, 0.25) is 0 Å². The molecule has 0 radical (unpaired) electrons. The second kappa shape index (κ2) is 8.48. The first-order valence-electron chi connectivity index (χ1n) is 9.42. The van der Waals surface area contributed by atoms with Gasteiger partial charge in [0.25, 0.3) is 5.91 Å². The van der Waals surface area contributed by atoms with E-state index < -0.39 is 0 Å². The molecule has 29 heavy (non-hydrogen) atoms. The van der Waals surface area contributed by atoms with Crippen LogP contribution in [0.15, 0.2) is 79.4 Å². The van der Waals surface area contributed by atoms with Crippen LogP contribution in [0.1, 0.15) is 15.9 Å². The van der Waals surface area contributed by atoms with Crippen molar-refractivity contribution in [2.75, 3.05) is 18.9 Å². The minimum atomic E-state index is -0.0510. The quantitative estimate of drug-likeness (QED) is 0.543. The predicted molar refractivity (Wildman–Crippen MR) is 114 cm³/mol. The zero-order valence-electron chi connectivity index (χ0n) is 16.1. The number of hydrogen-bond acceptors (Lipinski definition) is 5. The molecule has 0 aliphatic carbocycles. The van der Waals surface area contributed by atoms with Crippen LogP contribution in [0.3, 0.4) is 0 Å². The summed E-state index contributed by atoms with van der Waals surface area (Å²) in [5, 5.41) is 4.34. The van der Waals surface area contributed by atoms with Gasteiger partial charge < -0.3 is 10.2 Å². The van der Waals surface area contributed by atoms with Gasteiger partial charge in [-0.2, -0.15) is 0 Å². The first-order chi connectivity index (χ1) is 14.2. The lowest BCUT2D eigenvalue weighted by atomic mass is 10.2. The minimum absolute atomic E-state index is 0.0510. The summed E-state index contributed by atoms with van der Waals surface area (Å²) < 4.78 is 0. The number of amides is 1. The maximum Gasteiger partial charge on any atom is 0.255 e. The van der Waals surface area contributed by atoms with Crippen LogP contribution < -0.4 is 5.32 Å². The van der Waals surface area contributed by atoms with Gasteiger partial charge in [0.05, 0.1) is 16.8 Å². The average Bonchev–Trinajstić information content (AvgIpc) is 2.78. The lowest BCUT2D eigenvalue weighted by Gasteiger charge is -2.17. The number of benzene rings is 1. The fourth-order valence-electron chi connectivity index (χ4n) is 3.11. The van der Waals surface area contributed by atoms with Gasteiger partial charge in [-0.25, -0.2) is 4.98 Å². The van der Waals surface area contributed by atoms with Crippen molar-refractivity contribution in [3.63, 3.8) is 0 Å². The molecular formula is C23H21N5O. The number of nitrogens with zero attached hydrogens (tertiary/aromatic N) is 4. The summed E-state index contributed by atoms with van der Waals surface area (Å²) in [7, 11) is 1.80. The lowest BCUT2D eigenvalue weighted by Crippen LogP contribution is -2.28. The van der Waals surface area contributed by atoms with Crippen LogP contribution in [-0.2, 0) is 6.42 Å². The van der Waals surface area contributed by atoms with Crippen molar-refractivity contribution in [1.29, 1.82) is 0 Å². The van der Waals surface area contributed by atoms with Crippen LogP contribution >= 0.6 is 0 Å². The minimum Gasteiger partial charge on any atom is -0.341 e. The third-order valence-corrected chi connectivity index (χ3v) is 4.74. The molecule has 1 N–H and O–H groups in total. The van der Waals surface area contributed by atoms with E-state index in [0.717, 1.165) is 28.6 Å². The zero-order valence-corrected chi connectivity index (χ0v) is 16.1. The van der Waals surface area contributed by atoms with Crippen LogP contribution in [0.5, 0.6) is 0 Å².